The molecule has 0 saturated carbocycles. The minimum Gasteiger partial charge on any atom is -0.326 e. The van der Waals surface area contributed by atoms with E-state index in [-0.39, 0.29) is 0 Å². The second-order valence-electron chi connectivity index (χ2n) is 4.38. The number of hydrogen-bond acceptors (Lipinski definition) is 3. The fraction of sp³-hybridized carbons (Fsp3) is 0.667. The molecule has 1 fully saturated rings. The monoisotopic (exact) mass is 224 g/mol. The number of likely N-dealkylation sites (tertiary alicyclic amines) is 1. The summed E-state index contributed by atoms with van der Waals surface area (Å²) in [5, 5.41) is 0. The molecule has 15 heavy (non-hydrogen) atoms. The van der Waals surface area contributed by atoms with Crippen LogP contribution in [0.4, 0.5) is 0 Å². The average molecular weight is 224 g/mol. The molecule has 1 aromatic heterocycles. The van der Waals surface area contributed by atoms with Gasteiger partial charge in [-0.15, -0.1) is 11.3 Å². The third-order valence-electron chi connectivity index (χ3n) is 3.11. The first-order valence-corrected chi connectivity index (χ1v) is 6.60. The molecule has 0 aliphatic carbocycles. The minimum absolute atomic E-state index is 0.328. The van der Waals surface area contributed by atoms with Crippen LogP contribution in [-0.4, -0.2) is 24.0 Å². The van der Waals surface area contributed by atoms with Crippen LogP contribution in [0.5, 0.6) is 0 Å². The molecule has 0 radical (unpaired) electrons. The second-order valence-corrected chi connectivity index (χ2v) is 5.70. The van der Waals surface area contributed by atoms with Crippen molar-refractivity contribution in [2.75, 3.05) is 13.1 Å². The van der Waals surface area contributed by atoms with Gasteiger partial charge in [-0.2, -0.15) is 0 Å². The largest absolute Gasteiger partial charge is 0.326 e. The number of thiophene rings is 1. The van der Waals surface area contributed by atoms with Crippen LogP contribution in [0.1, 0.15) is 35.6 Å². The van der Waals surface area contributed by atoms with Crippen molar-refractivity contribution in [1.29, 1.82) is 0 Å². The van der Waals surface area contributed by atoms with Gasteiger partial charge in [0, 0.05) is 22.3 Å². The Kier molecular flexibility index (Phi) is 3.44. The molecule has 0 amide bonds. The Labute approximate surface area is 96.1 Å². The van der Waals surface area contributed by atoms with Crippen LogP contribution in [0.15, 0.2) is 12.1 Å². The normalized spacial score (nSPS) is 27.4. The predicted molar refractivity (Wildman–Crippen MR) is 66.3 cm³/mol. The van der Waals surface area contributed by atoms with E-state index in [1.165, 1.54) is 22.7 Å². The first-order chi connectivity index (χ1) is 7.22. The maximum absolute atomic E-state index is 6.21. The van der Waals surface area contributed by atoms with Crippen molar-refractivity contribution in [3.05, 3.63) is 21.9 Å². The SMILES string of the molecule is CCCN1CC[C@@H](N)[C@@H]1c1ccc(C)s1. The van der Waals surface area contributed by atoms with Gasteiger partial charge in [-0.05, 0) is 38.4 Å². The summed E-state index contributed by atoms with van der Waals surface area (Å²) in [6.07, 6.45) is 2.36. The van der Waals surface area contributed by atoms with Crippen LogP contribution in [0.25, 0.3) is 0 Å². The van der Waals surface area contributed by atoms with E-state index in [2.05, 4.69) is 30.9 Å². The number of nitrogens with zero attached hydrogens (tertiary/aromatic N) is 1. The zero-order chi connectivity index (χ0) is 10.8. The summed E-state index contributed by atoms with van der Waals surface area (Å²) in [6.45, 7) is 6.74. The quantitative estimate of drug-likeness (QED) is 0.855. The molecule has 0 spiro atoms. The molecular formula is C12H20N2S. The van der Waals surface area contributed by atoms with E-state index in [0.717, 1.165) is 13.0 Å². The highest BCUT2D eigenvalue weighted by Crippen LogP contribution is 2.34. The summed E-state index contributed by atoms with van der Waals surface area (Å²) in [4.78, 5) is 5.38. The minimum atomic E-state index is 0.328. The molecule has 2 rings (SSSR count). The van der Waals surface area contributed by atoms with E-state index in [0.29, 0.717) is 12.1 Å². The van der Waals surface area contributed by atoms with E-state index >= 15 is 0 Å². The lowest BCUT2D eigenvalue weighted by molar-refractivity contribution is 0.251. The average Bonchev–Trinajstić information content (AvgIpc) is 2.74. The Hall–Kier alpha value is -0.380. The molecule has 2 atom stereocenters. The highest BCUT2D eigenvalue weighted by molar-refractivity contribution is 7.12. The van der Waals surface area contributed by atoms with Crippen LogP contribution in [-0.2, 0) is 0 Å². The highest BCUT2D eigenvalue weighted by Gasteiger charge is 2.32. The molecule has 1 aliphatic rings. The van der Waals surface area contributed by atoms with Gasteiger partial charge in [0.15, 0.2) is 0 Å². The fourth-order valence-electron chi connectivity index (χ4n) is 2.42. The van der Waals surface area contributed by atoms with Gasteiger partial charge in [0.1, 0.15) is 0 Å². The van der Waals surface area contributed by atoms with Crippen LogP contribution in [0, 0.1) is 6.92 Å². The van der Waals surface area contributed by atoms with Crippen molar-refractivity contribution in [3.8, 4) is 0 Å². The van der Waals surface area contributed by atoms with Crippen molar-refractivity contribution in [1.82, 2.24) is 4.90 Å². The van der Waals surface area contributed by atoms with Crippen LogP contribution < -0.4 is 5.73 Å². The third kappa shape index (κ3) is 2.25. The molecular weight excluding hydrogens is 204 g/mol. The molecule has 1 saturated heterocycles. The van der Waals surface area contributed by atoms with Crippen LogP contribution in [0.3, 0.4) is 0 Å². The fourth-order valence-corrected chi connectivity index (χ4v) is 3.51. The van der Waals surface area contributed by atoms with Crippen molar-refractivity contribution >= 4 is 11.3 Å². The third-order valence-corrected chi connectivity index (χ3v) is 4.18. The Morgan fingerprint density at radius 2 is 2.33 bits per heavy atom. The molecule has 2 nitrogen and oxygen atoms in total. The Bertz CT molecular complexity index is 319. The number of aryl methyl sites for hydroxylation is 1. The zero-order valence-corrected chi connectivity index (χ0v) is 10.4. The first kappa shape index (κ1) is 11.1. The van der Waals surface area contributed by atoms with Gasteiger partial charge in [0.05, 0.1) is 6.04 Å². The van der Waals surface area contributed by atoms with Crippen LogP contribution in [0.2, 0.25) is 0 Å². The van der Waals surface area contributed by atoms with Gasteiger partial charge < -0.3 is 5.73 Å². The molecule has 0 unspecified atom stereocenters. The lowest BCUT2D eigenvalue weighted by Gasteiger charge is -2.25. The van der Waals surface area contributed by atoms with Gasteiger partial charge >= 0.3 is 0 Å². The maximum atomic E-state index is 6.21. The number of nitrogens with two attached hydrogens (primary N) is 1. The summed E-state index contributed by atoms with van der Waals surface area (Å²) < 4.78 is 0. The molecule has 2 heterocycles. The smallest absolute Gasteiger partial charge is 0.0594 e. The van der Waals surface area contributed by atoms with E-state index < -0.39 is 0 Å². The van der Waals surface area contributed by atoms with Gasteiger partial charge in [-0.25, -0.2) is 0 Å². The second kappa shape index (κ2) is 4.64. The Morgan fingerprint density at radius 3 is 2.93 bits per heavy atom. The first-order valence-electron chi connectivity index (χ1n) is 5.78. The molecule has 0 bridgehead atoms. The van der Waals surface area contributed by atoms with Gasteiger partial charge in [0.25, 0.3) is 0 Å². The maximum Gasteiger partial charge on any atom is 0.0594 e. The zero-order valence-electron chi connectivity index (χ0n) is 9.57. The summed E-state index contributed by atoms with van der Waals surface area (Å²) in [6, 6.07) is 5.26. The summed E-state index contributed by atoms with van der Waals surface area (Å²) in [5.41, 5.74) is 6.21. The lowest BCUT2D eigenvalue weighted by Crippen LogP contribution is -2.31. The van der Waals surface area contributed by atoms with E-state index in [1.54, 1.807) is 0 Å². The number of hydrogen-bond donors (Lipinski definition) is 1. The standard InChI is InChI=1S/C12H20N2S/c1-3-7-14-8-6-10(13)12(14)11-5-4-9(2)15-11/h4-5,10,12H,3,6-8,13H2,1-2H3/t10-,12-/m1/s1. The van der Waals surface area contributed by atoms with Crippen molar-refractivity contribution in [2.45, 2.75) is 38.8 Å². The summed E-state index contributed by atoms with van der Waals surface area (Å²) in [7, 11) is 0. The van der Waals surface area contributed by atoms with Gasteiger partial charge in [-0.1, -0.05) is 6.92 Å². The van der Waals surface area contributed by atoms with Gasteiger partial charge in [0.2, 0.25) is 0 Å². The topological polar surface area (TPSA) is 29.3 Å². The lowest BCUT2D eigenvalue weighted by atomic mass is 10.1. The molecule has 1 aliphatic heterocycles. The van der Waals surface area contributed by atoms with Crippen molar-refractivity contribution in [2.24, 2.45) is 5.73 Å². The molecule has 1 aromatic rings. The van der Waals surface area contributed by atoms with E-state index in [1.807, 2.05) is 11.3 Å². The predicted octanol–water partition coefficient (Wildman–Crippen LogP) is 2.54. The van der Waals surface area contributed by atoms with Gasteiger partial charge in [-0.3, -0.25) is 4.90 Å². The highest BCUT2D eigenvalue weighted by atomic mass is 32.1. The van der Waals surface area contributed by atoms with Crippen molar-refractivity contribution < 1.29 is 0 Å². The Morgan fingerprint density at radius 1 is 1.53 bits per heavy atom. The Balaban J connectivity index is 2.17. The van der Waals surface area contributed by atoms with Crippen molar-refractivity contribution in [3.63, 3.8) is 0 Å². The summed E-state index contributed by atoms with van der Waals surface area (Å²) >= 11 is 1.90. The van der Waals surface area contributed by atoms with E-state index in [9.17, 15) is 0 Å². The molecule has 2 N–H and O–H groups in total. The number of rotatable bonds is 3. The molecule has 0 aromatic carbocycles. The molecule has 84 valence electrons. The van der Waals surface area contributed by atoms with E-state index in [4.69, 9.17) is 5.73 Å². The molecule has 3 heteroatoms. The summed E-state index contributed by atoms with van der Waals surface area (Å²) in [5.74, 6) is 0. The van der Waals surface area contributed by atoms with Crippen LogP contribution >= 0.6 is 11.3 Å².